The van der Waals surface area contributed by atoms with Crippen LogP contribution in [0, 0.1) is 5.92 Å². The molecule has 1 fully saturated rings. The number of carbonyl (C=O) groups is 2. The number of nitrogens with one attached hydrogen (secondary N) is 1. The molecule has 1 aromatic rings. The van der Waals surface area contributed by atoms with Gasteiger partial charge in [-0.15, -0.1) is 11.3 Å². The molecular formula is C19H26N2O2S. The van der Waals surface area contributed by atoms with Crippen molar-refractivity contribution in [2.45, 2.75) is 44.9 Å². The number of piperidine rings is 1. The molecule has 0 spiro atoms. The molecule has 1 aliphatic heterocycles. The van der Waals surface area contributed by atoms with Gasteiger partial charge < -0.3 is 10.2 Å². The lowest BCUT2D eigenvalue weighted by Crippen LogP contribution is -2.45. The number of carbonyl (C=O) groups excluding carboxylic acids is 2. The van der Waals surface area contributed by atoms with Crippen molar-refractivity contribution < 1.29 is 9.59 Å². The number of hydrogen-bond donors (Lipinski definition) is 1. The molecule has 24 heavy (non-hydrogen) atoms. The fourth-order valence-electron chi connectivity index (χ4n) is 3.55. The molecule has 1 atom stereocenters. The highest BCUT2D eigenvalue weighted by Crippen LogP contribution is 2.22. The van der Waals surface area contributed by atoms with E-state index in [1.54, 1.807) is 0 Å². The van der Waals surface area contributed by atoms with E-state index < -0.39 is 0 Å². The lowest BCUT2D eigenvalue weighted by Gasteiger charge is -2.31. The Balaban J connectivity index is 1.46. The number of amides is 2. The molecule has 0 radical (unpaired) electrons. The molecule has 3 rings (SSSR count). The van der Waals surface area contributed by atoms with E-state index in [9.17, 15) is 9.59 Å². The average Bonchev–Trinajstić information content (AvgIpc) is 3.16. The van der Waals surface area contributed by atoms with Gasteiger partial charge in [0, 0.05) is 19.6 Å². The number of thiophene rings is 1. The number of likely N-dealkylation sites (tertiary alicyclic amines) is 1. The first-order valence-electron chi connectivity index (χ1n) is 9.02. The summed E-state index contributed by atoms with van der Waals surface area (Å²) in [7, 11) is 0. The fourth-order valence-corrected chi connectivity index (χ4v) is 4.24. The van der Waals surface area contributed by atoms with Crippen LogP contribution in [0.5, 0.6) is 0 Å². The summed E-state index contributed by atoms with van der Waals surface area (Å²) in [6, 6.07) is 3.75. The van der Waals surface area contributed by atoms with Gasteiger partial charge in [0.2, 0.25) is 5.91 Å². The van der Waals surface area contributed by atoms with Crippen molar-refractivity contribution in [3.05, 3.63) is 34.0 Å². The third-order valence-electron chi connectivity index (χ3n) is 4.94. The van der Waals surface area contributed by atoms with E-state index in [1.807, 2.05) is 22.4 Å². The van der Waals surface area contributed by atoms with E-state index in [4.69, 9.17) is 0 Å². The average molecular weight is 346 g/mol. The summed E-state index contributed by atoms with van der Waals surface area (Å²) in [5.74, 6) is 0.105. The molecular weight excluding hydrogens is 320 g/mol. The molecule has 5 heteroatoms. The highest BCUT2D eigenvalue weighted by molar-refractivity contribution is 7.12. The highest BCUT2D eigenvalue weighted by Gasteiger charge is 2.29. The first-order chi connectivity index (χ1) is 11.7. The van der Waals surface area contributed by atoms with E-state index >= 15 is 0 Å². The predicted octanol–water partition coefficient (Wildman–Crippen LogP) is 3.61. The summed E-state index contributed by atoms with van der Waals surface area (Å²) >= 11 is 1.47. The first-order valence-corrected chi connectivity index (χ1v) is 9.90. The highest BCUT2D eigenvalue weighted by atomic mass is 32.1. The van der Waals surface area contributed by atoms with Crippen LogP contribution in [-0.4, -0.2) is 36.3 Å². The van der Waals surface area contributed by atoms with Crippen LogP contribution in [0.15, 0.2) is 29.2 Å². The van der Waals surface area contributed by atoms with Crippen LogP contribution in [-0.2, 0) is 4.79 Å². The largest absolute Gasteiger partial charge is 0.355 e. The second-order valence-electron chi connectivity index (χ2n) is 6.72. The predicted molar refractivity (Wildman–Crippen MR) is 97.1 cm³/mol. The van der Waals surface area contributed by atoms with Crippen LogP contribution >= 0.6 is 11.3 Å². The van der Waals surface area contributed by atoms with E-state index in [0.29, 0.717) is 6.54 Å². The zero-order chi connectivity index (χ0) is 16.8. The van der Waals surface area contributed by atoms with Crippen molar-refractivity contribution in [2.75, 3.05) is 19.6 Å². The SMILES string of the molecule is O=C(NCCC1=CCCCC1)[C@H]1CCCN(C(=O)c2cccs2)C1. The Morgan fingerprint density at radius 3 is 2.96 bits per heavy atom. The van der Waals surface area contributed by atoms with Gasteiger partial charge in [0.15, 0.2) is 0 Å². The Bertz CT molecular complexity index is 595. The normalized spacial score (nSPS) is 21.2. The van der Waals surface area contributed by atoms with Gasteiger partial charge >= 0.3 is 0 Å². The number of hydrogen-bond acceptors (Lipinski definition) is 3. The second-order valence-corrected chi connectivity index (χ2v) is 7.66. The van der Waals surface area contributed by atoms with Crippen molar-refractivity contribution in [3.8, 4) is 0 Å². The molecule has 1 saturated heterocycles. The third-order valence-corrected chi connectivity index (χ3v) is 5.80. The topological polar surface area (TPSA) is 49.4 Å². The van der Waals surface area contributed by atoms with Gasteiger partial charge in [-0.3, -0.25) is 9.59 Å². The molecule has 0 saturated carbocycles. The maximum Gasteiger partial charge on any atom is 0.263 e. The van der Waals surface area contributed by atoms with Gasteiger partial charge in [-0.1, -0.05) is 17.7 Å². The summed E-state index contributed by atoms with van der Waals surface area (Å²) in [5.41, 5.74) is 1.49. The Hall–Kier alpha value is -1.62. The van der Waals surface area contributed by atoms with E-state index in [-0.39, 0.29) is 17.7 Å². The van der Waals surface area contributed by atoms with E-state index in [1.165, 1.54) is 42.6 Å². The van der Waals surface area contributed by atoms with Crippen LogP contribution < -0.4 is 5.32 Å². The Morgan fingerprint density at radius 2 is 2.21 bits per heavy atom. The van der Waals surface area contributed by atoms with E-state index in [0.717, 1.165) is 37.2 Å². The minimum absolute atomic E-state index is 0.0647. The van der Waals surface area contributed by atoms with Crippen molar-refractivity contribution >= 4 is 23.2 Å². The number of allylic oxidation sites excluding steroid dienone is 1. The summed E-state index contributed by atoms with van der Waals surface area (Å²) in [5, 5.41) is 5.00. The van der Waals surface area contributed by atoms with Crippen molar-refractivity contribution in [3.63, 3.8) is 0 Å². The third kappa shape index (κ3) is 4.47. The van der Waals surface area contributed by atoms with Crippen molar-refractivity contribution in [1.29, 1.82) is 0 Å². The second kappa shape index (κ2) is 8.47. The molecule has 0 unspecified atom stereocenters. The fraction of sp³-hybridized carbons (Fsp3) is 0.579. The van der Waals surface area contributed by atoms with Crippen LogP contribution in [0.2, 0.25) is 0 Å². The monoisotopic (exact) mass is 346 g/mol. The Labute approximate surface area is 147 Å². The molecule has 0 bridgehead atoms. The van der Waals surface area contributed by atoms with Gasteiger partial charge in [0.25, 0.3) is 5.91 Å². The molecule has 2 aliphatic rings. The lowest BCUT2D eigenvalue weighted by atomic mass is 9.96. The molecule has 1 aliphatic carbocycles. The van der Waals surface area contributed by atoms with Crippen molar-refractivity contribution in [1.82, 2.24) is 10.2 Å². The van der Waals surface area contributed by atoms with Crippen molar-refractivity contribution in [2.24, 2.45) is 5.92 Å². The molecule has 130 valence electrons. The van der Waals surface area contributed by atoms with Gasteiger partial charge in [-0.2, -0.15) is 0 Å². The van der Waals surface area contributed by atoms with Gasteiger partial charge in [-0.25, -0.2) is 0 Å². The summed E-state index contributed by atoms with van der Waals surface area (Å²) in [6.45, 7) is 2.03. The van der Waals surface area contributed by atoms with Gasteiger partial charge in [0.1, 0.15) is 0 Å². The molecule has 2 amide bonds. The maximum absolute atomic E-state index is 12.4. The first kappa shape index (κ1) is 17.2. The Morgan fingerprint density at radius 1 is 1.29 bits per heavy atom. The van der Waals surface area contributed by atoms with Gasteiger partial charge in [0.05, 0.1) is 10.8 Å². The van der Waals surface area contributed by atoms with Crippen LogP contribution in [0.3, 0.4) is 0 Å². The summed E-state index contributed by atoms with van der Waals surface area (Å²) < 4.78 is 0. The number of rotatable bonds is 5. The van der Waals surface area contributed by atoms with Crippen LogP contribution in [0.1, 0.15) is 54.6 Å². The van der Waals surface area contributed by atoms with Crippen LogP contribution in [0.4, 0.5) is 0 Å². The standard InChI is InChI=1S/C19H26N2O2S/c22-18(20-11-10-15-6-2-1-3-7-15)16-8-4-12-21(14-16)19(23)17-9-5-13-24-17/h5-6,9,13,16H,1-4,7-8,10-12,14H2,(H,20,22)/t16-/m0/s1. The van der Waals surface area contributed by atoms with E-state index in [2.05, 4.69) is 11.4 Å². The smallest absolute Gasteiger partial charge is 0.263 e. The molecule has 4 nitrogen and oxygen atoms in total. The number of nitrogens with zero attached hydrogens (tertiary/aromatic N) is 1. The van der Waals surface area contributed by atoms with Gasteiger partial charge in [-0.05, 0) is 56.4 Å². The molecule has 1 N–H and O–H groups in total. The Kier molecular flexibility index (Phi) is 6.07. The molecule has 1 aromatic heterocycles. The zero-order valence-corrected chi connectivity index (χ0v) is 14.9. The minimum atomic E-state index is -0.0667. The maximum atomic E-state index is 12.4. The lowest BCUT2D eigenvalue weighted by molar-refractivity contribution is -0.126. The zero-order valence-electron chi connectivity index (χ0n) is 14.1. The quantitative estimate of drug-likeness (QED) is 0.828. The summed E-state index contributed by atoms with van der Waals surface area (Å²) in [4.78, 5) is 27.5. The molecule has 0 aromatic carbocycles. The minimum Gasteiger partial charge on any atom is -0.355 e. The summed E-state index contributed by atoms with van der Waals surface area (Å²) in [6.07, 6.45) is 10.0. The molecule has 2 heterocycles. The van der Waals surface area contributed by atoms with Crippen LogP contribution in [0.25, 0.3) is 0 Å².